The van der Waals surface area contributed by atoms with Gasteiger partial charge < -0.3 is 4.57 Å². The van der Waals surface area contributed by atoms with Gasteiger partial charge in [0.1, 0.15) is 6.52 Å². The molecule has 4 heteroatoms. The largest absolute Gasteiger partial charge is 0.316 e. The molecule has 32 valence electrons. The maximum absolute atomic E-state index is 10.1. The quantitative estimate of drug-likeness (QED) is 0.452. The number of rotatable bonds is 0. The Kier molecular flexibility index (Phi) is 2.06. The Labute approximate surface area is 36.5 Å². The van der Waals surface area contributed by atoms with E-state index in [1.807, 2.05) is 0 Å². The van der Waals surface area contributed by atoms with Crippen molar-refractivity contribution in [3.05, 3.63) is 0 Å². The van der Waals surface area contributed by atoms with Crippen LogP contribution >= 0.6 is 24.4 Å². The molecule has 0 aromatic rings. The van der Waals surface area contributed by atoms with Crippen LogP contribution in [0.1, 0.15) is 0 Å². The molecular formula is CH7OP3. The Morgan fingerprint density at radius 3 is 1.60 bits per heavy atom. The average molecular weight is 128 g/mol. The number of hydrogen-bond acceptors (Lipinski definition) is 1. The first-order chi connectivity index (χ1) is 2.00. The van der Waals surface area contributed by atoms with Gasteiger partial charge in [0.25, 0.3) is 0 Å². The highest BCUT2D eigenvalue weighted by molar-refractivity contribution is 8.46. The molecule has 0 fully saturated rings. The van der Waals surface area contributed by atoms with Crippen molar-refractivity contribution < 1.29 is 4.57 Å². The van der Waals surface area contributed by atoms with E-state index >= 15 is 0 Å². The Hall–Kier alpha value is 1.09. The lowest BCUT2D eigenvalue weighted by Gasteiger charge is -1.86. The molecule has 0 rings (SSSR count). The first-order valence-electron chi connectivity index (χ1n) is 1.15. The molecule has 0 aliphatic carbocycles. The van der Waals surface area contributed by atoms with Gasteiger partial charge in [-0.1, -0.05) is 17.9 Å². The van der Waals surface area contributed by atoms with E-state index < -0.39 is 6.52 Å². The smallest absolute Gasteiger partial charge is 0.112 e. The molecule has 2 atom stereocenters. The summed E-state index contributed by atoms with van der Waals surface area (Å²) in [6, 6.07) is 0. The second-order valence-corrected chi connectivity index (χ2v) is 11.1. The molecule has 0 aliphatic heterocycles. The van der Waals surface area contributed by atoms with Crippen LogP contribution in [-0.4, -0.2) is 6.66 Å². The molecule has 0 aromatic carbocycles. The molecule has 0 saturated heterocycles. The third-order valence-corrected chi connectivity index (χ3v) is 0. The van der Waals surface area contributed by atoms with E-state index in [-0.39, 0.29) is 0 Å². The molecule has 2 unspecified atom stereocenters. The molecule has 0 heterocycles. The molecule has 0 radical (unpaired) electrons. The van der Waals surface area contributed by atoms with Gasteiger partial charge in [0.15, 0.2) is 0 Å². The molecule has 0 spiro atoms. The molecular weight excluding hydrogens is 121 g/mol. The van der Waals surface area contributed by atoms with Crippen LogP contribution in [-0.2, 0) is 4.57 Å². The summed E-state index contributed by atoms with van der Waals surface area (Å²) in [6.45, 7) is -0.137. The Morgan fingerprint density at radius 1 is 1.60 bits per heavy atom. The van der Waals surface area contributed by atoms with E-state index in [2.05, 4.69) is 17.9 Å². The highest BCUT2D eigenvalue weighted by Gasteiger charge is 1.89. The van der Waals surface area contributed by atoms with Crippen molar-refractivity contribution >= 4 is 24.4 Å². The first-order valence-corrected chi connectivity index (χ1v) is 6.54. The highest BCUT2D eigenvalue weighted by atomic mass is 32.4. The minimum absolute atomic E-state index is 1.67. The van der Waals surface area contributed by atoms with Crippen LogP contribution in [0.5, 0.6) is 0 Å². The van der Waals surface area contributed by atoms with Crippen LogP contribution in [0.25, 0.3) is 0 Å². The standard InChI is InChI=1S/CH7OP3/c1-5(2,3)4/h3-4H2,1H3. The predicted octanol–water partition coefficient (Wildman–Crippen LogP) is 1.56. The van der Waals surface area contributed by atoms with Crippen LogP contribution in [0.3, 0.4) is 0 Å². The molecule has 0 aromatic heterocycles. The molecule has 0 N–H and O–H groups in total. The maximum atomic E-state index is 10.1. The van der Waals surface area contributed by atoms with Crippen molar-refractivity contribution in [1.29, 1.82) is 0 Å². The zero-order chi connectivity index (χ0) is 4.50. The van der Waals surface area contributed by atoms with Gasteiger partial charge in [-0.05, 0) is 6.66 Å². The van der Waals surface area contributed by atoms with E-state index in [4.69, 9.17) is 0 Å². The van der Waals surface area contributed by atoms with Crippen molar-refractivity contribution in [2.24, 2.45) is 0 Å². The van der Waals surface area contributed by atoms with Gasteiger partial charge in [0.2, 0.25) is 0 Å². The summed E-state index contributed by atoms with van der Waals surface area (Å²) < 4.78 is 10.1. The van der Waals surface area contributed by atoms with Crippen LogP contribution in [0.15, 0.2) is 0 Å². The van der Waals surface area contributed by atoms with Gasteiger partial charge in [0, 0.05) is 0 Å². The molecule has 0 bridgehead atoms. The van der Waals surface area contributed by atoms with E-state index in [9.17, 15) is 4.57 Å². The summed E-state index contributed by atoms with van der Waals surface area (Å²) in [6.07, 6.45) is 0. The lowest BCUT2D eigenvalue weighted by Crippen LogP contribution is -1.34. The van der Waals surface area contributed by atoms with Crippen LogP contribution in [0, 0.1) is 0 Å². The van der Waals surface area contributed by atoms with Crippen molar-refractivity contribution in [3.63, 3.8) is 0 Å². The first kappa shape index (κ1) is 6.09. The summed E-state index contributed by atoms with van der Waals surface area (Å²) >= 11 is 0. The summed E-state index contributed by atoms with van der Waals surface area (Å²) in [5.41, 5.74) is 0. The lowest BCUT2D eigenvalue weighted by atomic mass is 12.0. The van der Waals surface area contributed by atoms with Gasteiger partial charge in [0.05, 0.1) is 0 Å². The molecule has 0 aliphatic rings. The van der Waals surface area contributed by atoms with E-state index in [0.29, 0.717) is 0 Å². The second kappa shape index (κ2) is 1.69. The maximum Gasteiger partial charge on any atom is 0.112 e. The minimum Gasteiger partial charge on any atom is -0.316 e. The summed E-state index contributed by atoms with van der Waals surface area (Å²) in [5, 5.41) is 0. The Bertz CT molecular complexity index is 53.0. The van der Waals surface area contributed by atoms with E-state index in [1.54, 1.807) is 6.66 Å². The van der Waals surface area contributed by atoms with Gasteiger partial charge in [-0.25, -0.2) is 0 Å². The van der Waals surface area contributed by atoms with Gasteiger partial charge in [-0.2, -0.15) is 0 Å². The topological polar surface area (TPSA) is 17.1 Å². The Balaban J connectivity index is 3.47. The van der Waals surface area contributed by atoms with Crippen molar-refractivity contribution in [2.75, 3.05) is 6.66 Å². The summed E-state index contributed by atoms with van der Waals surface area (Å²) in [7, 11) is 4.47. The minimum atomic E-state index is -1.81. The second-order valence-electron chi connectivity index (χ2n) is 1.06. The Morgan fingerprint density at radius 2 is 1.60 bits per heavy atom. The monoisotopic (exact) mass is 128 g/mol. The summed E-state index contributed by atoms with van der Waals surface area (Å²) in [4.78, 5) is 0. The molecule has 5 heavy (non-hydrogen) atoms. The third-order valence-electron chi connectivity index (χ3n) is 0. The van der Waals surface area contributed by atoms with E-state index in [1.165, 1.54) is 0 Å². The van der Waals surface area contributed by atoms with Crippen LogP contribution in [0.2, 0.25) is 0 Å². The fourth-order valence-corrected chi connectivity index (χ4v) is 0. The predicted molar refractivity (Wildman–Crippen MR) is 33.0 cm³/mol. The van der Waals surface area contributed by atoms with Gasteiger partial charge in [-0.3, -0.25) is 0 Å². The zero-order valence-corrected chi connectivity index (χ0v) is 6.21. The van der Waals surface area contributed by atoms with E-state index in [0.717, 1.165) is 0 Å². The molecule has 1 nitrogen and oxygen atoms in total. The van der Waals surface area contributed by atoms with Crippen molar-refractivity contribution in [1.82, 2.24) is 0 Å². The third kappa shape index (κ3) is 40.9. The molecule has 0 saturated carbocycles. The SMILES string of the molecule is CP(=O)(P)P. The number of hydrogen-bond donors (Lipinski definition) is 0. The van der Waals surface area contributed by atoms with Crippen molar-refractivity contribution in [2.45, 2.75) is 0 Å². The summed E-state index contributed by atoms with van der Waals surface area (Å²) in [5.74, 6) is 0. The van der Waals surface area contributed by atoms with Crippen LogP contribution in [0.4, 0.5) is 0 Å². The fraction of sp³-hybridized carbons (Fsp3) is 1.00. The lowest BCUT2D eigenvalue weighted by molar-refractivity contribution is 0.597. The fourth-order valence-electron chi connectivity index (χ4n) is 0. The van der Waals surface area contributed by atoms with Gasteiger partial charge >= 0.3 is 0 Å². The molecule has 0 amide bonds. The average Bonchev–Trinajstić information content (AvgIpc) is 0.722. The normalized spacial score (nSPS) is 11.8. The van der Waals surface area contributed by atoms with Crippen LogP contribution < -0.4 is 0 Å². The van der Waals surface area contributed by atoms with Crippen molar-refractivity contribution in [3.8, 4) is 0 Å². The highest BCUT2D eigenvalue weighted by Crippen LogP contribution is 2.58. The van der Waals surface area contributed by atoms with Gasteiger partial charge in [-0.15, -0.1) is 0 Å². The zero-order valence-electron chi connectivity index (χ0n) is 3.01.